The van der Waals surface area contributed by atoms with Crippen molar-refractivity contribution in [2.75, 3.05) is 19.6 Å². The summed E-state index contributed by atoms with van der Waals surface area (Å²) in [7, 11) is 0. The first-order chi connectivity index (χ1) is 9.97. The van der Waals surface area contributed by atoms with Gasteiger partial charge in [0.1, 0.15) is 0 Å². The average Bonchev–Trinajstić information content (AvgIpc) is 2.48. The van der Waals surface area contributed by atoms with E-state index in [-0.39, 0.29) is 16.7 Å². The Morgan fingerprint density at radius 2 is 1.52 bits per heavy atom. The Hall–Kier alpha value is -1.88. The number of hydrogen-bond donors (Lipinski definition) is 2. The lowest BCUT2D eigenvalue weighted by Gasteiger charge is -2.24. The Morgan fingerprint density at radius 3 is 1.86 bits per heavy atom. The maximum absolute atomic E-state index is 10.6. The highest BCUT2D eigenvalue weighted by Gasteiger charge is 2.13. The van der Waals surface area contributed by atoms with Gasteiger partial charge in [-0.25, -0.2) is 9.59 Å². The van der Waals surface area contributed by atoms with Crippen LogP contribution in [0.4, 0.5) is 0 Å². The number of piperidine rings is 1. The van der Waals surface area contributed by atoms with Gasteiger partial charge in [-0.3, -0.25) is 0 Å². The molecule has 0 atom stereocenters. The predicted molar refractivity (Wildman–Crippen MR) is 81.1 cm³/mol. The van der Waals surface area contributed by atoms with E-state index in [0.717, 1.165) is 0 Å². The van der Waals surface area contributed by atoms with Crippen LogP contribution in [0.15, 0.2) is 18.2 Å². The molecular weight excluding hydrogens is 270 g/mol. The second kappa shape index (κ2) is 8.42. The van der Waals surface area contributed by atoms with E-state index in [2.05, 4.69) is 11.8 Å². The van der Waals surface area contributed by atoms with Crippen LogP contribution in [0, 0.1) is 6.92 Å². The highest BCUT2D eigenvalue weighted by atomic mass is 16.4. The number of likely N-dealkylation sites (tertiary alicyclic amines) is 1. The standard InChI is InChI=1S/C9H8O4.C7H15N/c1-5-6(8(10)11)3-2-4-7(5)9(12)13;1-2-8-6-4-3-5-7-8/h2-4H,1H3,(H,10,11)(H,12,13);2-7H2,1H3. The Kier molecular flexibility index (Phi) is 6.88. The molecule has 2 N–H and O–H groups in total. The molecule has 1 heterocycles. The molecule has 5 nitrogen and oxygen atoms in total. The van der Waals surface area contributed by atoms with Gasteiger partial charge in [0.05, 0.1) is 11.1 Å². The van der Waals surface area contributed by atoms with E-state index in [9.17, 15) is 9.59 Å². The first-order valence-electron chi connectivity index (χ1n) is 7.26. The van der Waals surface area contributed by atoms with Crippen LogP contribution in [0.5, 0.6) is 0 Å². The summed E-state index contributed by atoms with van der Waals surface area (Å²) in [5.74, 6) is -2.22. The SMILES string of the molecule is CCN1CCCCC1.Cc1c(C(=O)O)cccc1C(=O)O. The summed E-state index contributed by atoms with van der Waals surface area (Å²) in [6.07, 6.45) is 4.30. The van der Waals surface area contributed by atoms with Gasteiger partial charge in [0, 0.05) is 0 Å². The molecule has 0 spiro atoms. The molecule has 5 heteroatoms. The van der Waals surface area contributed by atoms with Crippen LogP contribution in [0.1, 0.15) is 52.5 Å². The highest BCUT2D eigenvalue weighted by molar-refractivity contribution is 5.96. The first kappa shape index (κ1) is 17.2. The number of rotatable bonds is 3. The molecular formula is C16H23NO4. The zero-order valence-corrected chi connectivity index (χ0v) is 12.6. The fraction of sp³-hybridized carbons (Fsp3) is 0.500. The number of nitrogens with zero attached hydrogens (tertiary/aromatic N) is 1. The van der Waals surface area contributed by atoms with Crippen molar-refractivity contribution in [2.45, 2.75) is 33.1 Å². The fourth-order valence-electron chi connectivity index (χ4n) is 2.37. The number of benzene rings is 1. The molecule has 1 aromatic carbocycles. The number of carboxylic acid groups (broad SMARTS) is 2. The third kappa shape index (κ3) is 5.19. The quantitative estimate of drug-likeness (QED) is 0.896. The Bertz CT molecular complexity index is 461. The zero-order valence-electron chi connectivity index (χ0n) is 12.6. The topological polar surface area (TPSA) is 77.8 Å². The van der Waals surface area contributed by atoms with E-state index in [1.165, 1.54) is 64.0 Å². The smallest absolute Gasteiger partial charge is 0.335 e. The van der Waals surface area contributed by atoms with Crippen molar-refractivity contribution in [2.24, 2.45) is 0 Å². The molecule has 1 fully saturated rings. The number of carbonyl (C=O) groups is 2. The summed E-state index contributed by atoms with van der Waals surface area (Å²) in [6, 6.07) is 4.17. The van der Waals surface area contributed by atoms with Gasteiger partial charge >= 0.3 is 11.9 Å². The van der Waals surface area contributed by atoms with E-state index in [1.807, 2.05) is 0 Å². The van der Waals surface area contributed by atoms with Crippen LogP contribution in [0.2, 0.25) is 0 Å². The van der Waals surface area contributed by atoms with Gasteiger partial charge in [0.25, 0.3) is 0 Å². The largest absolute Gasteiger partial charge is 0.478 e. The van der Waals surface area contributed by atoms with Crippen molar-refractivity contribution in [1.29, 1.82) is 0 Å². The van der Waals surface area contributed by atoms with Crippen molar-refractivity contribution >= 4 is 11.9 Å². The normalized spacial score (nSPS) is 15.0. The molecule has 0 amide bonds. The molecule has 2 rings (SSSR count). The highest BCUT2D eigenvalue weighted by Crippen LogP contribution is 2.13. The lowest BCUT2D eigenvalue weighted by Crippen LogP contribution is -2.29. The van der Waals surface area contributed by atoms with Gasteiger partial charge < -0.3 is 15.1 Å². The van der Waals surface area contributed by atoms with Gasteiger partial charge in [0.15, 0.2) is 0 Å². The van der Waals surface area contributed by atoms with Gasteiger partial charge in [-0.05, 0) is 57.1 Å². The number of hydrogen-bond acceptors (Lipinski definition) is 3. The van der Waals surface area contributed by atoms with E-state index < -0.39 is 11.9 Å². The summed E-state index contributed by atoms with van der Waals surface area (Å²) in [4.78, 5) is 23.7. The van der Waals surface area contributed by atoms with E-state index in [1.54, 1.807) is 0 Å². The zero-order chi connectivity index (χ0) is 15.8. The monoisotopic (exact) mass is 293 g/mol. The average molecular weight is 293 g/mol. The predicted octanol–water partition coefficient (Wildman–Crippen LogP) is 2.88. The molecule has 1 saturated heterocycles. The summed E-state index contributed by atoms with van der Waals surface area (Å²) in [5.41, 5.74) is 0.335. The van der Waals surface area contributed by atoms with Gasteiger partial charge in [-0.2, -0.15) is 0 Å². The number of aromatic carboxylic acids is 2. The van der Waals surface area contributed by atoms with Crippen LogP contribution >= 0.6 is 0 Å². The van der Waals surface area contributed by atoms with Crippen LogP contribution in [0.25, 0.3) is 0 Å². The van der Waals surface area contributed by atoms with E-state index >= 15 is 0 Å². The van der Waals surface area contributed by atoms with Crippen molar-refractivity contribution in [3.63, 3.8) is 0 Å². The Labute approximate surface area is 125 Å². The third-order valence-electron chi connectivity index (χ3n) is 3.69. The summed E-state index contributed by atoms with van der Waals surface area (Å²) in [5, 5.41) is 17.4. The molecule has 0 saturated carbocycles. The molecule has 1 aromatic rings. The van der Waals surface area contributed by atoms with E-state index in [0.29, 0.717) is 0 Å². The third-order valence-corrected chi connectivity index (χ3v) is 3.69. The van der Waals surface area contributed by atoms with Gasteiger partial charge in [-0.1, -0.05) is 19.4 Å². The van der Waals surface area contributed by atoms with Crippen molar-refractivity contribution in [3.8, 4) is 0 Å². The summed E-state index contributed by atoms with van der Waals surface area (Å²) >= 11 is 0. The van der Waals surface area contributed by atoms with Crippen molar-refractivity contribution < 1.29 is 19.8 Å². The number of carboxylic acids is 2. The first-order valence-corrected chi connectivity index (χ1v) is 7.26. The second-order valence-electron chi connectivity index (χ2n) is 5.08. The van der Waals surface area contributed by atoms with Crippen LogP contribution in [-0.2, 0) is 0 Å². The molecule has 116 valence electrons. The Morgan fingerprint density at radius 1 is 1.05 bits per heavy atom. The van der Waals surface area contributed by atoms with Gasteiger partial charge in [0.2, 0.25) is 0 Å². The van der Waals surface area contributed by atoms with Crippen molar-refractivity contribution in [1.82, 2.24) is 4.90 Å². The Balaban J connectivity index is 0.000000235. The molecule has 1 aliphatic heterocycles. The molecule has 21 heavy (non-hydrogen) atoms. The molecule has 0 aliphatic carbocycles. The summed E-state index contributed by atoms with van der Waals surface area (Å²) < 4.78 is 0. The second-order valence-corrected chi connectivity index (χ2v) is 5.08. The van der Waals surface area contributed by atoms with E-state index in [4.69, 9.17) is 10.2 Å². The van der Waals surface area contributed by atoms with Crippen LogP contribution < -0.4 is 0 Å². The minimum atomic E-state index is -1.11. The van der Waals surface area contributed by atoms with Gasteiger partial charge in [-0.15, -0.1) is 0 Å². The van der Waals surface area contributed by atoms with Crippen LogP contribution in [-0.4, -0.2) is 46.7 Å². The van der Waals surface area contributed by atoms with Crippen molar-refractivity contribution in [3.05, 3.63) is 34.9 Å². The van der Waals surface area contributed by atoms with Crippen LogP contribution in [0.3, 0.4) is 0 Å². The molecule has 1 aliphatic rings. The molecule has 0 unspecified atom stereocenters. The lowest BCUT2D eigenvalue weighted by molar-refractivity contribution is 0.0696. The molecule has 0 radical (unpaired) electrons. The molecule has 0 bridgehead atoms. The maximum Gasteiger partial charge on any atom is 0.335 e. The molecule has 0 aromatic heterocycles. The lowest BCUT2D eigenvalue weighted by atomic mass is 10.0. The minimum Gasteiger partial charge on any atom is -0.478 e. The fourth-order valence-corrected chi connectivity index (χ4v) is 2.37. The minimum absolute atomic E-state index is 0.0277. The maximum atomic E-state index is 10.6. The summed E-state index contributed by atoms with van der Waals surface area (Å²) in [6.45, 7) is 7.66.